The van der Waals surface area contributed by atoms with Crippen LogP contribution in [0.25, 0.3) is 0 Å². The molecule has 3 N–H and O–H groups in total. The zero-order chi connectivity index (χ0) is 22.3. The van der Waals surface area contributed by atoms with E-state index in [1.807, 2.05) is 12.1 Å². The van der Waals surface area contributed by atoms with Crippen LogP contribution in [0.5, 0.6) is 11.5 Å². The van der Waals surface area contributed by atoms with Gasteiger partial charge in [0.2, 0.25) is 0 Å². The Morgan fingerprint density at radius 1 is 0.969 bits per heavy atom. The van der Waals surface area contributed by atoms with Gasteiger partial charge in [-0.25, -0.2) is 4.79 Å². The van der Waals surface area contributed by atoms with E-state index < -0.39 is 11.9 Å². The molecular formula is C26H27NO5. The van der Waals surface area contributed by atoms with Crippen LogP contribution < -0.4 is 10.1 Å². The minimum absolute atomic E-state index is 0.273. The highest BCUT2D eigenvalue weighted by Crippen LogP contribution is 2.60. The first kappa shape index (κ1) is 20.6. The Hall–Kier alpha value is -3.28. The number of nitrogens with one attached hydrogen (secondary N) is 1. The van der Waals surface area contributed by atoms with E-state index in [2.05, 4.69) is 17.4 Å². The van der Waals surface area contributed by atoms with Crippen LogP contribution in [-0.4, -0.2) is 22.1 Å². The molecule has 0 saturated heterocycles. The molecule has 0 aromatic heterocycles. The molecule has 0 atom stereocenters. The molecule has 6 heteroatoms. The van der Waals surface area contributed by atoms with Crippen molar-refractivity contribution in [1.82, 2.24) is 0 Å². The first-order valence-corrected chi connectivity index (χ1v) is 11.2. The number of amides is 1. The Morgan fingerprint density at radius 2 is 1.59 bits per heavy atom. The highest BCUT2D eigenvalue weighted by atomic mass is 16.5. The Labute approximate surface area is 186 Å². The van der Waals surface area contributed by atoms with Gasteiger partial charge in [-0.2, -0.15) is 0 Å². The van der Waals surface area contributed by atoms with Gasteiger partial charge in [0.15, 0.2) is 0 Å². The van der Waals surface area contributed by atoms with Crippen LogP contribution in [0.15, 0.2) is 54.8 Å². The van der Waals surface area contributed by atoms with E-state index in [0.29, 0.717) is 11.2 Å². The van der Waals surface area contributed by atoms with Gasteiger partial charge in [0.05, 0.1) is 6.26 Å². The first-order chi connectivity index (χ1) is 15.4. The first-order valence-electron chi connectivity index (χ1n) is 11.2. The molecule has 166 valence electrons. The van der Waals surface area contributed by atoms with Gasteiger partial charge in [0, 0.05) is 11.8 Å². The summed E-state index contributed by atoms with van der Waals surface area (Å²) in [7, 11) is 0. The SMILES string of the molecule is O=C(/C=C/Oc1ccc(C23CC4CC(CC(C4)C2)C3)cc1)Nc1ccc(O)c(C(=O)O)c1. The molecule has 2 aromatic carbocycles. The summed E-state index contributed by atoms with van der Waals surface area (Å²) in [4.78, 5) is 23.2. The number of carboxylic acid groups (broad SMARTS) is 1. The lowest BCUT2D eigenvalue weighted by Crippen LogP contribution is -2.48. The third-order valence-electron chi connectivity index (χ3n) is 7.42. The number of carboxylic acids is 1. The number of carbonyl (C=O) groups excluding carboxylic acids is 1. The molecule has 4 aliphatic rings. The maximum atomic E-state index is 12.1. The topological polar surface area (TPSA) is 95.9 Å². The Balaban J connectivity index is 1.19. The van der Waals surface area contributed by atoms with Crippen molar-refractivity contribution < 1.29 is 24.5 Å². The fraction of sp³-hybridized carbons (Fsp3) is 0.385. The summed E-state index contributed by atoms with van der Waals surface area (Å²) in [6.07, 6.45) is 10.8. The van der Waals surface area contributed by atoms with Crippen molar-refractivity contribution in [2.45, 2.75) is 43.9 Å². The fourth-order valence-electron chi connectivity index (χ4n) is 6.49. The number of hydrogen-bond donors (Lipinski definition) is 3. The number of phenols is 1. The zero-order valence-corrected chi connectivity index (χ0v) is 17.8. The molecule has 32 heavy (non-hydrogen) atoms. The van der Waals surface area contributed by atoms with Gasteiger partial charge >= 0.3 is 5.97 Å². The van der Waals surface area contributed by atoms with Crippen LogP contribution in [0.2, 0.25) is 0 Å². The number of anilines is 1. The summed E-state index contributed by atoms with van der Waals surface area (Å²) < 4.78 is 5.59. The second-order valence-electron chi connectivity index (χ2n) is 9.67. The lowest BCUT2D eigenvalue weighted by Gasteiger charge is -2.57. The fourth-order valence-corrected chi connectivity index (χ4v) is 6.49. The average Bonchev–Trinajstić information content (AvgIpc) is 2.74. The predicted octanol–water partition coefficient (Wildman–Crippen LogP) is 5.09. The van der Waals surface area contributed by atoms with Crippen LogP contribution >= 0.6 is 0 Å². The minimum Gasteiger partial charge on any atom is -0.507 e. The molecule has 0 aliphatic heterocycles. The largest absolute Gasteiger partial charge is 0.507 e. The van der Waals surface area contributed by atoms with E-state index >= 15 is 0 Å². The molecule has 4 aliphatic carbocycles. The van der Waals surface area contributed by atoms with Gasteiger partial charge in [-0.1, -0.05) is 12.1 Å². The Kier molecular flexibility index (Phi) is 5.16. The summed E-state index contributed by atoms with van der Waals surface area (Å²) in [5.74, 6) is 1.29. The molecule has 0 unspecified atom stereocenters. The Morgan fingerprint density at radius 3 is 2.19 bits per heavy atom. The summed E-state index contributed by atoms with van der Waals surface area (Å²) in [5.41, 5.74) is 1.77. The van der Waals surface area contributed by atoms with Crippen molar-refractivity contribution in [3.05, 3.63) is 65.9 Å². The van der Waals surface area contributed by atoms with Crippen molar-refractivity contribution in [3.63, 3.8) is 0 Å². The van der Waals surface area contributed by atoms with Crippen molar-refractivity contribution >= 4 is 17.6 Å². The molecule has 2 aromatic rings. The number of benzene rings is 2. The molecule has 6 nitrogen and oxygen atoms in total. The van der Waals surface area contributed by atoms with E-state index in [9.17, 15) is 14.7 Å². The summed E-state index contributed by atoms with van der Waals surface area (Å²) in [6.45, 7) is 0. The second-order valence-corrected chi connectivity index (χ2v) is 9.67. The molecule has 4 bridgehead atoms. The minimum atomic E-state index is -1.27. The Bertz CT molecular complexity index is 1040. The molecule has 0 radical (unpaired) electrons. The lowest BCUT2D eigenvalue weighted by molar-refractivity contribution is -0.112. The smallest absolute Gasteiger partial charge is 0.339 e. The standard InChI is InChI=1S/C26H27NO5/c28-23-6-3-20(12-22(23)25(30)31)27-24(29)7-8-32-21-4-1-19(2-5-21)26-13-16-9-17(14-26)11-18(10-16)15-26/h1-8,12,16-18,28H,9-11,13-15H2,(H,27,29)(H,30,31)/b8-7+. The van der Waals surface area contributed by atoms with Crippen molar-refractivity contribution in [2.24, 2.45) is 17.8 Å². The third-order valence-corrected chi connectivity index (χ3v) is 7.42. The van der Waals surface area contributed by atoms with E-state index in [1.54, 1.807) is 0 Å². The van der Waals surface area contributed by atoms with Gasteiger partial charge in [0.25, 0.3) is 5.91 Å². The quantitative estimate of drug-likeness (QED) is 0.335. The van der Waals surface area contributed by atoms with Gasteiger partial charge < -0.3 is 20.3 Å². The molecule has 4 saturated carbocycles. The molecule has 0 heterocycles. The number of carbonyl (C=O) groups is 2. The third kappa shape index (κ3) is 3.97. The maximum absolute atomic E-state index is 12.1. The molecule has 0 spiro atoms. The van der Waals surface area contributed by atoms with Crippen LogP contribution in [0.4, 0.5) is 5.69 Å². The van der Waals surface area contributed by atoms with Crippen molar-refractivity contribution in [2.75, 3.05) is 5.32 Å². The number of rotatable bonds is 6. The van der Waals surface area contributed by atoms with Crippen LogP contribution in [0, 0.1) is 17.8 Å². The van der Waals surface area contributed by atoms with Crippen molar-refractivity contribution in [1.29, 1.82) is 0 Å². The average molecular weight is 434 g/mol. The van der Waals surface area contributed by atoms with Crippen LogP contribution in [-0.2, 0) is 10.2 Å². The normalized spacial score (nSPS) is 28.1. The molecule has 1 amide bonds. The van der Waals surface area contributed by atoms with Gasteiger partial charge in [-0.3, -0.25) is 4.79 Å². The lowest BCUT2D eigenvalue weighted by atomic mass is 9.48. The maximum Gasteiger partial charge on any atom is 0.339 e. The van der Waals surface area contributed by atoms with E-state index in [0.717, 1.165) is 17.8 Å². The van der Waals surface area contributed by atoms with E-state index in [1.165, 1.54) is 74.6 Å². The number of aromatic carboxylic acids is 1. The van der Waals surface area contributed by atoms with Gasteiger partial charge in [-0.15, -0.1) is 0 Å². The molecule has 4 fully saturated rings. The monoisotopic (exact) mass is 433 g/mol. The number of hydrogen-bond acceptors (Lipinski definition) is 4. The number of aromatic hydroxyl groups is 1. The second kappa shape index (κ2) is 8.01. The zero-order valence-electron chi connectivity index (χ0n) is 17.8. The van der Waals surface area contributed by atoms with Crippen molar-refractivity contribution in [3.8, 4) is 11.5 Å². The summed E-state index contributed by atoms with van der Waals surface area (Å²) >= 11 is 0. The van der Waals surface area contributed by atoms with Crippen LogP contribution in [0.1, 0.15) is 54.4 Å². The molecular weight excluding hydrogens is 406 g/mol. The van der Waals surface area contributed by atoms with Crippen LogP contribution in [0.3, 0.4) is 0 Å². The van der Waals surface area contributed by atoms with Gasteiger partial charge in [-0.05, 0) is 97.6 Å². The highest BCUT2D eigenvalue weighted by Gasteiger charge is 2.51. The van der Waals surface area contributed by atoms with E-state index in [4.69, 9.17) is 9.84 Å². The van der Waals surface area contributed by atoms with Gasteiger partial charge in [0.1, 0.15) is 17.1 Å². The van der Waals surface area contributed by atoms with E-state index in [-0.39, 0.29) is 17.0 Å². The summed E-state index contributed by atoms with van der Waals surface area (Å²) in [6, 6.07) is 12.2. The predicted molar refractivity (Wildman–Crippen MR) is 120 cm³/mol. The summed E-state index contributed by atoms with van der Waals surface area (Å²) in [5, 5.41) is 21.1. The highest BCUT2D eigenvalue weighted by molar-refractivity contribution is 6.00. The molecule has 6 rings (SSSR count). The number of ether oxygens (including phenoxy) is 1.